The Labute approximate surface area is 127 Å². The van der Waals surface area contributed by atoms with E-state index in [1.165, 1.54) is 45.1 Å². The zero-order chi connectivity index (χ0) is 14.0. The molecule has 1 saturated carbocycles. The standard InChI is InChI=1S/C17H28N2S/c1-3-15-7-10-20-16(15)12-19-13-17(18-11-14(19)2)8-5-4-6-9-17/h7,10,14,18H,3-6,8-9,11-13H2,1-2H3. The Morgan fingerprint density at radius 1 is 1.35 bits per heavy atom. The average molecular weight is 292 g/mol. The lowest BCUT2D eigenvalue weighted by molar-refractivity contribution is 0.0578. The second-order valence-electron chi connectivity index (χ2n) is 6.70. The van der Waals surface area contributed by atoms with Gasteiger partial charge in [-0.3, -0.25) is 4.90 Å². The molecule has 1 N–H and O–H groups in total. The van der Waals surface area contributed by atoms with Gasteiger partial charge in [0.05, 0.1) is 0 Å². The highest BCUT2D eigenvalue weighted by molar-refractivity contribution is 7.10. The number of aryl methyl sites for hydroxylation is 1. The summed E-state index contributed by atoms with van der Waals surface area (Å²) < 4.78 is 0. The summed E-state index contributed by atoms with van der Waals surface area (Å²) in [5.41, 5.74) is 1.98. The molecule has 0 amide bonds. The van der Waals surface area contributed by atoms with Crippen LogP contribution in [0.15, 0.2) is 11.4 Å². The molecule has 3 heteroatoms. The molecular weight excluding hydrogens is 264 g/mol. The molecule has 3 rings (SSSR count). The zero-order valence-electron chi connectivity index (χ0n) is 13.0. The van der Waals surface area contributed by atoms with Crippen LogP contribution in [-0.2, 0) is 13.0 Å². The molecular formula is C17H28N2S. The van der Waals surface area contributed by atoms with Crippen molar-refractivity contribution in [1.29, 1.82) is 0 Å². The van der Waals surface area contributed by atoms with Crippen molar-refractivity contribution in [2.45, 2.75) is 70.5 Å². The number of hydrogen-bond acceptors (Lipinski definition) is 3. The van der Waals surface area contributed by atoms with E-state index >= 15 is 0 Å². The predicted molar refractivity (Wildman–Crippen MR) is 87.4 cm³/mol. The Hall–Kier alpha value is -0.380. The average Bonchev–Trinajstić information content (AvgIpc) is 2.91. The molecule has 0 radical (unpaired) electrons. The second kappa shape index (κ2) is 6.17. The summed E-state index contributed by atoms with van der Waals surface area (Å²) in [6.07, 6.45) is 8.18. The van der Waals surface area contributed by atoms with Gasteiger partial charge in [0.1, 0.15) is 0 Å². The van der Waals surface area contributed by atoms with Crippen molar-refractivity contribution in [2.24, 2.45) is 0 Å². The molecule has 0 bridgehead atoms. The first-order valence-electron chi connectivity index (χ1n) is 8.27. The Kier molecular flexibility index (Phi) is 4.49. The largest absolute Gasteiger partial charge is 0.308 e. The van der Waals surface area contributed by atoms with E-state index in [1.54, 1.807) is 10.4 Å². The van der Waals surface area contributed by atoms with Crippen LogP contribution in [-0.4, -0.2) is 29.6 Å². The third-order valence-electron chi connectivity index (χ3n) is 5.28. The van der Waals surface area contributed by atoms with Gasteiger partial charge in [-0.2, -0.15) is 0 Å². The molecule has 1 atom stereocenters. The molecule has 1 saturated heterocycles. The first-order chi connectivity index (χ1) is 9.72. The highest BCUT2D eigenvalue weighted by atomic mass is 32.1. The van der Waals surface area contributed by atoms with E-state index in [0.29, 0.717) is 11.6 Å². The Morgan fingerprint density at radius 3 is 2.90 bits per heavy atom. The van der Waals surface area contributed by atoms with Gasteiger partial charge in [-0.05, 0) is 43.2 Å². The minimum Gasteiger partial charge on any atom is -0.308 e. The maximum Gasteiger partial charge on any atom is 0.0334 e. The van der Waals surface area contributed by atoms with Gasteiger partial charge in [0.25, 0.3) is 0 Å². The van der Waals surface area contributed by atoms with Crippen molar-refractivity contribution in [3.63, 3.8) is 0 Å². The Balaban J connectivity index is 1.70. The van der Waals surface area contributed by atoms with E-state index in [2.05, 4.69) is 35.5 Å². The summed E-state index contributed by atoms with van der Waals surface area (Å²) in [4.78, 5) is 4.32. The van der Waals surface area contributed by atoms with Crippen LogP contribution in [0.4, 0.5) is 0 Å². The van der Waals surface area contributed by atoms with Crippen LogP contribution in [0.2, 0.25) is 0 Å². The SMILES string of the molecule is CCc1ccsc1CN1CC2(CCCCC2)NCC1C. The summed E-state index contributed by atoms with van der Waals surface area (Å²) in [6.45, 7) is 8.21. The van der Waals surface area contributed by atoms with Crippen LogP contribution < -0.4 is 5.32 Å². The molecule has 2 aliphatic rings. The van der Waals surface area contributed by atoms with Gasteiger partial charge in [-0.25, -0.2) is 0 Å². The van der Waals surface area contributed by atoms with Crippen LogP contribution in [0.1, 0.15) is 56.4 Å². The van der Waals surface area contributed by atoms with Crippen LogP contribution in [0.25, 0.3) is 0 Å². The lowest BCUT2D eigenvalue weighted by Crippen LogP contribution is -2.63. The van der Waals surface area contributed by atoms with E-state index in [-0.39, 0.29) is 0 Å². The lowest BCUT2D eigenvalue weighted by atomic mass is 9.79. The van der Waals surface area contributed by atoms with Gasteiger partial charge in [-0.15, -0.1) is 11.3 Å². The van der Waals surface area contributed by atoms with Crippen LogP contribution >= 0.6 is 11.3 Å². The van der Waals surface area contributed by atoms with Crippen LogP contribution in [0.5, 0.6) is 0 Å². The van der Waals surface area contributed by atoms with Gasteiger partial charge >= 0.3 is 0 Å². The summed E-state index contributed by atoms with van der Waals surface area (Å²) in [5.74, 6) is 0. The molecule has 1 unspecified atom stereocenters. The van der Waals surface area contributed by atoms with E-state index in [9.17, 15) is 0 Å². The Morgan fingerprint density at radius 2 is 2.15 bits per heavy atom. The molecule has 2 fully saturated rings. The van der Waals surface area contributed by atoms with E-state index < -0.39 is 0 Å². The van der Waals surface area contributed by atoms with Crippen molar-refractivity contribution in [1.82, 2.24) is 10.2 Å². The molecule has 1 aliphatic carbocycles. The Bertz CT molecular complexity index is 434. The number of nitrogens with zero attached hydrogens (tertiary/aromatic N) is 1. The summed E-state index contributed by atoms with van der Waals surface area (Å²) in [5, 5.41) is 6.15. The number of hydrogen-bond donors (Lipinski definition) is 1. The van der Waals surface area contributed by atoms with Crippen molar-refractivity contribution < 1.29 is 0 Å². The smallest absolute Gasteiger partial charge is 0.0334 e. The minimum absolute atomic E-state index is 0.425. The monoisotopic (exact) mass is 292 g/mol. The number of thiophene rings is 1. The summed E-state index contributed by atoms with van der Waals surface area (Å²) >= 11 is 1.94. The van der Waals surface area contributed by atoms with E-state index in [1.807, 2.05) is 11.3 Å². The summed E-state index contributed by atoms with van der Waals surface area (Å²) in [6, 6.07) is 2.97. The van der Waals surface area contributed by atoms with Crippen molar-refractivity contribution in [2.75, 3.05) is 13.1 Å². The fraction of sp³-hybridized carbons (Fsp3) is 0.765. The number of piperazine rings is 1. The van der Waals surface area contributed by atoms with Gasteiger partial charge < -0.3 is 5.32 Å². The highest BCUT2D eigenvalue weighted by Crippen LogP contribution is 2.33. The molecule has 2 heterocycles. The van der Waals surface area contributed by atoms with Crippen LogP contribution in [0.3, 0.4) is 0 Å². The third kappa shape index (κ3) is 2.95. The molecule has 1 aromatic heterocycles. The van der Waals surface area contributed by atoms with E-state index in [4.69, 9.17) is 0 Å². The fourth-order valence-electron chi connectivity index (χ4n) is 3.87. The molecule has 1 aromatic rings. The van der Waals surface area contributed by atoms with Crippen molar-refractivity contribution in [3.8, 4) is 0 Å². The minimum atomic E-state index is 0.425. The molecule has 20 heavy (non-hydrogen) atoms. The zero-order valence-corrected chi connectivity index (χ0v) is 13.8. The quantitative estimate of drug-likeness (QED) is 0.911. The maximum atomic E-state index is 3.88. The molecule has 112 valence electrons. The summed E-state index contributed by atoms with van der Waals surface area (Å²) in [7, 11) is 0. The topological polar surface area (TPSA) is 15.3 Å². The lowest BCUT2D eigenvalue weighted by Gasteiger charge is -2.49. The maximum absolute atomic E-state index is 3.88. The third-order valence-corrected chi connectivity index (χ3v) is 6.23. The van der Waals surface area contributed by atoms with Gasteiger partial charge in [0.15, 0.2) is 0 Å². The van der Waals surface area contributed by atoms with Crippen molar-refractivity contribution >= 4 is 11.3 Å². The van der Waals surface area contributed by atoms with Gasteiger partial charge in [0, 0.05) is 36.1 Å². The number of rotatable bonds is 3. The normalized spacial score (nSPS) is 27.0. The van der Waals surface area contributed by atoms with Gasteiger partial charge in [0.2, 0.25) is 0 Å². The van der Waals surface area contributed by atoms with Crippen LogP contribution in [0, 0.1) is 0 Å². The van der Waals surface area contributed by atoms with Gasteiger partial charge in [-0.1, -0.05) is 26.2 Å². The first kappa shape index (κ1) is 14.6. The first-order valence-corrected chi connectivity index (χ1v) is 9.15. The predicted octanol–water partition coefficient (Wildman–Crippen LogP) is 3.81. The fourth-order valence-corrected chi connectivity index (χ4v) is 4.87. The second-order valence-corrected chi connectivity index (χ2v) is 7.70. The van der Waals surface area contributed by atoms with Crippen molar-refractivity contribution in [3.05, 3.63) is 21.9 Å². The highest BCUT2D eigenvalue weighted by Gasteiger charge is 2.38. The molecule has 1 spiro atoms. The molecule has 1 aliphatic heterocycles. The van der Waals surface area contributed by atoms with E-state index in [0.717, 1.165) is 13.1 Å². The molecule has 0 aromatic carbocycles. The number of nitrogens with one attached hydrogen (secondary N) is 1. The molecule has 2 nitrogen and oxygen atoms in total.